The van der Waals surface area contributed by atoms with Gasteiger partial charge in [-0.05, 0) is 49.4 Å². The highest BCUT2D eigenvalue weighted by atomic mass is 35.5. The largest absolute Gasteiger partial charge is 0.451 e. The van der Waals surface area contributed by atoms with Crippen LogP contribution in [-0.4, -0.2) is 18.5 Å². The minimum atomic E-state index is -0.484. The molecule has 1 N–H and O–H groups in total. The Kier molecular flexibility index (Phi) is 5.13. The second-order valence-corrected chi connectivity index (χ2v) is 7.51. The maximum absolute atomic E-state index is 12.1. The maximum Gasteiger partial charge on any atom is 0.348 e. The van der Waals surface area contributed by atoms with Gasteiger partial charge < -0.3 is 10.1 Å². The van der Waals surface area contributed by atoms with Crippen LogP contribution in [0.4, 0.5) is 5.69 Å². The van der Waals surface area contributed by atoms with Crippen molar-refractivity contribution in [1.29, 1.82) is 0 Å². The Morgan fingerprint density at radius 3 is 2.83 bits per heavy atom. The third-order valence-corrected chi connectivity index (χ3v) is 5.85. The number of halogens is 2. The van der Waals surface area contributed by atoms with E-state index in [1.165, 1.54) is 21.8 Å². The second-order valence-electron chi connectivity index (χ2n) is 5.59. The molecule has 0 fully saturated rings. The normalized spacial score (nSPS) is 12.8. The molecule has 0 aliphatic heterocycles. The SMILES string of the molecule is Cc1ccc(Cl)c(NC(=O)COC(=O)c2cc3c(s2)CCC3)c1Cl. The van der Waals surface area contributed by atoms with Crippen LogP contribution in [0.5, 0.6) is 0 Å². The molecule has 1 aliphatic rings. The monoisotopic (exact) mass is 383 g/mol. The fourth-order valence-electron chi connectivity index (χ4n) is 2.58. The fourth-order valence-corrected chi connectivity index (χ4v) is 4.19. The Balaban J connectivity index is 1.59. The molecule has 0 spiro atoms. The van der Waals surface area contributed by atoms with Crippen LogP contribution in [0.25, 0.3) is 0 Å². The number of aryl methyl sites for hydroxylation is 3. The summed E-state index contributed by atoms with van der Waals surface area (Å²) in [6.07, 6.45) is 3.15. The van der Waals surface area contributed by atoms with E-state index < -0.39 is 11.9 Å². The summed E-state index contributed by atoms with van der Waals surface area (Å²) >= 11 is 13.6. The van der Waals surface area contributed by atoms with Crippen LogP contribution in [-0.2, 0) is 22.4 Å². The van der Waals surface area contributed by atoms with Gasteiger partial charge in [0.05, 0.1) is 15.7 Å². The van der Waals surface area contributed by atoms with Crippen molar-refractivity contribution in [3.63, 3.8) is 0 Å². The van der Waals surface area contributed by atoms with Gasteiger partial charge in [0.1, 0.15) is 4.88 Å². The number of nitrogens with one attached hydrogen (secondary N) is 1. The maximum atomic E-state index is 12.1. The Labute approximate surface area is 153 Å². The molecule has 0 saturated carbocycles. The van der Waals surface area contributed by atoms with Crippen molar-refractivity contribution in [1.82, 2.24) is 0 Å². The lowest BCUT2D eigenvalue weighted by Crippen LogP contribution is -2.21. The lowest BCUT2D eigenvalue weighted by molar-refractivity contribution is -0.119. The summed E-state index contributed by atoms with van der Waals surface area (Å²) in [4.78, 5) is 25.8. The zero-order chi connectivity index (χ0) is 17.3. The van der Waals surface area contributed by atoms with Gasteiger partial charge in [-0.3, -0.25) is 4.79 Å². The average molecular weight is 384 g/mol. The van der Waals surface area contributed by atoms with E-state index >= 15 is 0 Å². The molecule has 1 aromatic heterocycles. The van der Waals surface area contributed by atoms with Crippen LogP contribution in [0.1, 0.15) is 32.1 Å². The van der Waals surface area contributed by atoms with E-state index in [1.807, 2.05) is 13.0 Å². The Morgan fingerprint density at radius 1 is 1.29 bits per heavy atom. The van der Waals surface area contributed by atoms with Gasteiger partial charge in [-0.25, -0.2) is 4.79 Å². The number of ether oxygens (including phenoxy) is 1. The van der Waals surface area contributed by atoms with Gasteiger partial charge in [0.15, 0.2) is 6.61 Å². The van der Waals surface area contributed by atoms with Crippen molar-refractivity contribution < 1.29 is 14.3 Å². The third-order valence-electron chi connectivity index (χ3n) is 3.83. The van der Waals surface area contributed by atoms with Gasteiger partial charge in [-0.2, -0.15) is 0 Å². The van der Waals surface area contributed by atoms with Crippen LogP contribution in [0.15, 0.2) is 18.2 Å². The van der Waals surface area contributed by atoms with Crippen molar-refractivity contribution in [3.05, 3.63) is 49.1 Å². The molecular formula is C17H15Cl2NO3S. The van der Waals surface area contributed by atoms with E-state index in [1.54, 1.807) is 12.1 Å². The fraction of sp³-hybridized carbons (Fsp3) is 0.294. The summed E-state index contributed by atoms with van der Waals surface area (Å²) in [5.41, 5.74) is 2.34. The average Bonchev–Trinajstić information content (AvgIpc) is 3.14. The molecule has 3 rings (SSSR count). The third kappa shape index (κ3) is 3.58. The number of anilines is 1. The predicted octanol–water partition coefficient (Wildman–Crippen LogP) is 4.65. The van der Waals surface area contributed by atoms with Crippen molar-refractivity contribution in [2.24, 2.45) is 0 Å². The number of carbonyl (C=O) groups is 2. The molecule has 0 radical (unpaired) electrons. The molecule has 126 valence electrons. The first kappa shape index (κ1) is 17.3. The van der Waals surface area contributed by atoms with Gasteiger partial charge in [0.25, 0.3) is 5.91 Å². The first-order valence-corrected chi connectivity index (χ1v) is 9.06. The van der Waals surface area contributed by atoms with Crippen LogP contribution in [0.2, 0.25) is 10.0 Å². The highest BCUT2D eigenvalue weighted by Crippen LogP contribution is 2.33. The number of amides is 1. The number of esters is 1. The van der Waals surface area contributed by atoms with Gasteiger partial charge in [-0.1, -0.05) is 29.3 Å². The number of benzene rings is 1. The molecule has 2 aromatic rings. The minimum Gasteiger partial charge on any atom is -0.451 e. The molecular weight excluding hydrogens is 369 g/mol. The first-order valence-electron chi connectivity index (χ1n) is 7.49. The summed E-state index contributed by atoms with van der Waals surface area (Å²) in [6.45, 7) is 1.42. The van der Waals surface area contributed by atoms with Crippen LogP contribution in [0.3, 0.4) is 0 Å². The van der Waals surface area contributed by atoms with Gasteiger partial charge in [-0.15, -0.1) is 11.3 Å². The zero-order valence-electron chi connectivity index (χ0n) is 12.9. The minimum absolute atomic E-state index is 0.328. The zero-order valence-corrected chi connectivity index (χ0v) is 15.3. The quantitative estimate of drug-likeness (QED) is 0.781. The van der Waals surface area contributed by atoms with Crippen LogP contribution in [0, 0.1) is 6.92 Å². The van der Waals surface area contributed by atoms with E-state index in [-0.39, 0.29) is 6.61 Å². The Morgan fingerprint density at radius 2 is 2.08 bits per heavy atom. The van der Waals surface area contributed by atoms with Gasteiger partial charge in [0, 0.05) is 4.88 Å². The van der Waals surface area contributed by atoms with Gasteiger partial charge in [0.2, 0.25) is 0 Å². The lowest BCUT2D eigenvalue weighted by atomic mass is 10.2. The van der Waals surface area contributed by atoms with Crippen molar-refractivity contribution in [2.45, 2.75) is 26.2 Å². The highest BCUT2D eigenvalue weighted by Gasteiger charge is 2.20. The van der Waals surface area contributed by atoms with Crippen molar-refractivity contribution >= 4 is 52.1 Å². The van der Waals surface area contributed by atoms with E-state index in [4.69, 9.17) is 27.9 Å². The second kappa shape index (κ2) is 7.13. The topological polar surface area (TPSA) is 55.4 Å². The first-order chi connectivity index (χ1) is 11.5. The lowest BCUT2D eigenvalue weighted by Gasteiger charge is -2.11. The molecule has 0 atom stereocenters. The number of hydrogen-bond donors (Lipinski definition) is 1. The number of fused-ring (bicyclic) bond motifs is 1. The molecule has 1 amide bonds. The molecule has 1 heterocycles. The molecule has 7 heteroatoms. The summed E-state index contributed by atoms with van der Waals surface area (Å²) in [7, 11) is 0. The Hall–Kier alpha value is -1.56. The molecule has 4 nitrogen and oxygen atoms in total. The van der Waals surface area contributed by atoms with Crippen LogP contribution < -0.4 is 5.32 Å². The summed E-state index contributed by atoms with van der Waals surface area (Å²) in [5.74, 6) is -0.965. The molecule has 1 aromatic carbocycles. The smallest absolute Gasteiger partial charge is 0.348 e. The van der Waals surface area contributed by atoms with E-state index in [9.17, 15) is 9.59 Å². The molecule has 1 aliphatic carbocycles. The van der Waals surface area contributed by atoms with Crippen molar-refractivity contribution in [3.8, 4) is 0 Å². The number of rotatable bonds is 4. The van der Waals surface area contributed by atoms with E-state index in [0.717, 1.165) is 24.8 Å². The summed E-state index contributed by atoms with van der Waals surface area (Å²) < 4.78 is 5.08. The molecule has 24 heavy (non-hydrogen) atoms. The Bertz CT molecular complexity index is 795. The van der Waals surface area contributed by atoms with E-state index in [2.05, 4.69) is 5.32 Å². The molecule has 0 saturated heterocycles. The highest BCUT2D eigenvalue weighted by molar-refractivity contribution is 7.14. The summed E-state index contributed by atoms with van der Waals surface area (Å²) in [5, 5.41) is 3.29. The predicted molar refractivity (Wildman–Crippen MR) is 96.5 cm³/mol. The standard InChI is InChI=1S/C17H15Cl2NO3S/c1-9-5-6-11(18)16(15(9)19)20-14(21)8-23-17(22)13-7-10-3-2-4-12(10)24-13/h5-7H,2-4,8H2,1H3,(H,20,21). The van der Waals surface area contributed by atoms with Gasteiger partial charge >= 0.3 is 5.97 Å². The number of carbonyl (C=O) groups excluding carboxylic acids is 2. The van der Waals surface area contributed by atoms with Crippen molar-refractivity contribution in [2.75, 3.05) is 11.9 Å². The van der Waals surface area contributed by atoms with E-state index in [0.29, 0.717) is 20.6 Å². The molecule has 0 bridgehead atoms. The summed E-state index contributed by atoms with van der Waals surface area (Å²) in [6, 6.07) is 5.27. The number of hydrogen-bond acceptors (Lipinski definition) is 4. The molecule has 0 unspecified atom stereocenters. The number of thiophene rings is 1. The van der Waals surface area contributed by atoms with Crippen LogP contribution >= 0.6 is 34.5 Å².